The van der Waals surface area contributed by atoms with E-state index in [1.807, 2.05) is 55.5 Å². The third-order valence-electron chi connectivity index (χ3n) is 4.65. The Morgan fingerprint density at radius 3 is 2.25 bits per heavy atom. The Morgan fingerprint density at radius 1 is 1.00 bits per heavy atom. The molecule has 3 rings (SSSR count). The zero-order chi connectivity index (χ0) is 19.8. The molecule has 2 N–H and O–H groups in total. The first kappa shape index (κ1) is 20.3. The van der Waals surface area contributed by atoms with Crippen molar-refractivity contribution < 1.29 is 14.2 Å². The van der Waals surface area contributed by atoms with E-state index in [2.05, 4.69) is 10.6 Å². The van der Waals surface area contributed by atoms with Gasteiger partial charge in [0.05, 0.1) is 19.3 Å². The number of rotatable bonds is 8. The number of ether oxygens (including phenoxy) is 3. The lowest BCUT2D eigenvalue weighted by atomic mass is 10.2. The van der Waals surface area contributed by atoms with Crippen molar-refractivity contribution in [2.24, 2.45) is 0 Å². The lowest BCUT2D eigenvalue weighted by molar-refractivity contribution is 0.210. The monoisotopic (exact) mass is 400 g/mol. The van der Waals surface area contributed by atoms with Gasteiger partial charge in [-0.05, 0) is 93.4 Å². The first-order chi connectivity index (χ1) is 13.6. The minimum Gasteiger partial charge on any atom is -0.497 e. The van der Waals surface area contributed by atoms with Gasteiger partial charge in [-0.1, -0.05) is 0 Å². The van der Waals surface area contributed by atoms with Crippen LogP contribution in [0.15, 0.2) is 48.5 Å². The van der Waals surface area contributed by atoms with Crippen LogP contribution in [0.5, 0.6) is 17.2 Å². The topological polar surface area (TPSA) is 51.8 Å². The van der Waals surface area contributed by atoms with Crippen LogP contribution in [0.25, 0.3) is 0 Å². The Hall–Kier alpha value is -2.47. The summed E-state index contributed by atoms with van der Waals surface area (Å²) in [6.45, 7) is 2.53. The van der Waals surface area contributed by atoms with Crippen LogP contribution in [0, 0.1) is 0 Å². The number of anilines is 1. The Labute approximate surface area is 172 Å². The van der Waals surface area contributed by atoms with Crippen LogP contribution in [-0.2, 0) is 0 Å². The summed E-state index contributed by atoms with van der Waals surface area (Å²) < 4.78 is 16.9. The molecular formula is C22H28N2O3S. The van der Waals surface area contributed by atoms with E-state index in [4.69, 9.17) is 26.4 Å². The van der Waals surface area contributed by atoms with Crippen LogP contribution in [-0.4, -0.2) is 31.0 Å². The summed E-state index contributed by atoms with van der Waals surface area (Å²) in [4.78, 5) is 0. The van der Waals surface area contributed by atoms with Crippen molar-refractivity contribution in [3.63, 3.8) is 0 Å². The van der Waals surface area contributed by atoms with Crippen molar-refractivity contribution in [2.45, 2.75) is 44.8 Å². The van der Waals surface area contributed by atoms with Gasteiger partial charge in [-0.2, -0.15) is 0 Å². The Morgan fingerprint density at radius 2 is 1.61 bits per heavy atom. The van der Waals surface area contributed by atoms with Crippen molar-refractivity contribution in [3.05, 3.63) is 48.5 Å². The summed E-state index contributed by atoms with van der Waals surface area (Å²) in [5, 5.41) is 7.00. The van der Waals surface area contributed by atoms with Gasteiger partial charge in [0.2, 0.25) is 0 Å². The summed E-state index contributed by atoms with van der Waals surface area (Å²) in [7, 11) is 1.64. The lowest BCUT2D eigenvalue weighted by Gasteiger charge is -2.18. The van der Waals surface area contributed by atoms with Crippen LogP contribution in [0.4, 0.5) is 5.69 Å². The summed E-state index contributed by atoms with van der Waals surface area (Å²) >= 11 is 5.40. The molecule has 0 saturated heterocycles. The van der Waals surface area contributed by atoms with Gasteiger partial charge in [-0.25, -0.2) is 0 Å². The molecule has 0 spiro atoms. The summed E-state index contributed by atoms with van der Waals surface area (Å²) in [6, 6.07) is 15.5. The number of methoxy groups -OCH3 is 1. The standard InChI is InChI=1S/C22H28N2O3S/c1-16(15-26-19-13-11-18(25-2)12-14-19)23-22(28)24-17-7-9-21(10-8-17)27-20-5-3-4-6-20/h7-14,16,20H,3-6,15H2,1-2H3,(H2,23,24,28)/t16-/m0/s1. The molecule has 0 unspecified atom stereocenters. The van der Waals surface area contributed by atoms with Gasteiger partial charge in [-0.15, -0.1) is 0 Å². The first-order valence-electron chi connectivity index (χ1n) is 9.73. The second-order valence-electron chi connectivity index (χ2n) is 7.03. The molecule has 1 aliphatic rings. The predicted octanol–water partition coefficient (Wildman–Crippen LogP) is 4.77. The fourth-order valence-corrected chi connectivity index (χ4v) is 3.46. The molecule has 0 aromatic heterocycles. The van der Waals surface area contributed by atoms with Crippen molar-refractivity contribution in [1.29, 1.82) is 0 Å². The molecule has 5 nitrogen and oxygen atoms in total. The highest BCUT2D eigenvalue weighted by Gasteiger charge is 2.16. The largest absolute Gasteiger partial charge is 0.497 e. The normalized spacial score (nSPS) is 14.9. The van der Waals surface area contributed by atoms with E-state index in [1.54, 1.807) is 7.11 Å². The maximum Gasteiger partial charge on any atom is 0.171 e. The van der Waals surface area contributed by atoms with Crippen LogP contribution in [0.3, 0.4) is 0 Å². The van der Waals surface area contributed by atoms with E-state index in [0.717, 1.165) is 35.8 Å². The highest BCUT2D eigenvalue weighted by molar-refractivity contribution is 7.80. The Bertz CT molecular complexity index is 743. The number of nitrogens with one attached hydrogen (secondary N) is 2. The molecule has 2 aromatic carbocycles. The Balaban J connectivity index is 1.39. The average molecular weight is 401 g/mol. The molecule has 1 fully saturated rings. The summed E-state index contributed by atoms with van der Waals surface area (Å²) in [5.74, 6) is 2.52. The van der Waals surface area contributed by atoms with Crippen LogP contribution in [0.2, 0.25) is 0 Å². The predicted molar refractivity (Wildman–Crippen MR) is 117 cm³/mol. The molecule has 0 bridgehead atoms. The van der Waals surface area contributed by atoms with Gasteiger partial charge in [-0.3, -0.25) is 0 Å². The molecule has 1 saturated carbocycles. The Kier molecular flexibility index (Phi) is 7.37. The molecule has 1 atom stereocenters. The van der Waals surface area contributed by atoms with Crippen molar-refractivity contribution in [3.8, 4) is 17.2 Å². The van der Waals surface area contributed by atoms with Gasteiger partial charge in [0.15, 0.2) is 5.11 Å². The highest BCUT2D eigenvalue weighted by atomic mass is 32.1. The molecule has 1 aliphatic carbocycles. The first-order valence-corrected chi connectivity index (χ1v) is 10.1. The number of thiocarbonyl (C=S) groups is 1. The van der Waals surface area contributed by atoms with Gasteiger partial charge in [0, 0.05) is 5.69 Å². The van der Waals surface area contributed by atoms with E-state index in [9.17, 15) is 0 Å². The minimum absolute atomic E-state index is 0.0621. The van der Waals surface area contributed by atoms with Crippen molar-refractivity contribution >= 4 is 23.0 Å². The maximum atomic E-state index is 5.99. The quantitative estimate of drug-likeness (QED) is 0.623. The third kappa shape index (κ3) is 6.30. The molecule has 0 heterocycles. The molecule has 0 radical (unpaired) electrons. The smallest absolute Gasteiger partial charge is 0.171 e. The molecule has 2 aromatic rings. The van der Waals surface area contributed by atoms with Gasteiger partial charge >= 0.3 is 0 Å². The fraction of sp³-hybridized carbons (Fsp3) is 0.409. The van der Waals surface area contributed by atoms with Crippen molar-refractivity contribution in [1.82, 2.24) is 5.32 Å². The zero-order valence-corrected chi connectivity index (χ0v) is 17.3. The van der Waals surface area contributed by atoms with Crippen LogP contribution in [0.1, 0.15) is 32.6 Å². The van der Waals surface area contributed by atoms with Crippen molar-refractivity contribution in [2.75, 3.05) is 19.0 Å². The molecule has 0 amide bonds. The number of hydrogen-bond acceptors (Lipinski definition) is 4. The molecule has 0 aliphatic heterocycles. The molecule has 150 valence electrons. The fourth-order valence-electron chi connectivity index (χ4n) is 3.14. The second kappa shape index (κ2) is 10.2. The number of benzene rings is 2. The minimum atomic E-state index is 0.0621. The SMILES string of the molecule is COc1ccc(OC[C@H](C)NC(=S)Nc2ccc(OC3CCCC3)cc2)cc1. The van der Waals surface area contributed by atoms with Gasteiger partial charge < -0.3 is 24.8 Å². The summed E-state index contributed by atoms with van der Waals surface area (Å²) in [5.41, 5.74) is 0.930. The number of hydrogen-bond donors (Lipinski definition) is 2. The highest BCUT2D eigenvalue weighted by Crippen LogP contribution is 2.25. The van der Waals surface area contributed by atoms with E-state index in [0.29, 0.717) is 17.8 Å². The van der Waals surface area contributed by atoms with Crippen LogP contribution >= 0.6 is 12.2 Å². The van der Waals surface area contributed by atoms with E-state index < -0.39 is 0 Å². The molecular weight excluding hydrogens is 372 g/mol. The van der Waals surface area contributed by atoms with Gasteiger partial charge in [0.1, 0.15) is 23.9 Å². The molecule has 28 heavy (non-hydrogen) atoms. The van der Waals surface area contributed by atoms with E-state index in [-0.39, 0.29) is 6.04 Å². The second-order valence-corrected chi connectivity index (χ2v) is 7.44. The van der Waals surface area contributed by atoms with Gasteiger partial charge in [0.25, 0.3) is 0 Å². The van der Waals surface area contributed by atoms with Crippen LogP contribution < -0.4 is 24.8 Å². The van der Waals surface area contributed by atoms with E-state index in [1.165, 1.54) is 12.8 Å². The summed E-state index contributed by atoms with van der Waals surface area (Å²) in [6.07, 6.45) is 5.22. The average Bonchev–Trinajstić information content (AvgIpc) is 3.21. The molecule has 6 heteroatoms. The maximum absolute atomic E-state index is 5.99. The third-order valence-corrected chi connectivity index (χ3v) is 4.87. The lowest BCUT2D eigenvalue weighted by Crippen LogP contribution is -2.39. The zero-order valence-electron chi connectivity index (χ0n) is 16.4. The van der Waals surface area contributed by atoms with E-state index >= 15 is 0 Å².